The second kappa shape index (κ2) is 8.04. The Bertz CT molecular complexity index is 269. The lowest BCUT2D eigenvalue weighted by molar-refractivity contribution is -0.134. The first kappa shape index (κ1) is 13.9. The Morgan fingerprint density at radius 1 is 1.53 bits per heavy atom. The molecule has 17 heavy (non-hydrogen) atoms. The van der Waals surface area contributed by atoms with Crippen LogP contribution in [-0.2, 0) is 9.53 Å². The minimum absolute atomic E-state index is 0.0701. The second-order valence-electron chi connectivity index (χ2n) is 4.23. The molecule has 0 bridgehead atoms. The zero-order valence-corrected chi connectivity index (χ0v) is 10.4. The maximum absolute atomic E-state index is 12.2. The summed E-state index contributed by atoms with van der Waals surface area (Å²) < 4.78 is 4.99. The molecule has 0 aromatic heterocycles. The first-order valence-electron chi connectivity index (χ1n) is 6.17. The van der Waals surface area contributed by atoms with E-state index in [1.54, 1.807) is 12.0 Å². The van der Waals surface area contributed by atoms with E-state index in [0.29, 0.717) is 26.1 Å². The molecule has 0 aromatic rings. The van der Waals surface area contributed by atoms with Crippen LogP contribution in [0.5, 0.6) is 0 Å². The molecule has 1 aliphatic rings. The number of hydrogen-bond acceptors (Lipinski definition) is 4. The van der Waals surface area contributed by atoms with Crippen molar-refractivity contribution in [1.29, 1.82) is 5.26 Å². The van der Waals surface area contributed by atoms with Crippen LogP contribution in [0.4, 0.5) is 0 Å². The Hall–Kier alpha value is -1.12. The quantitative estimate of drug-likeness (QED) is 0.733. The number of nitriles is 1. The predicted molar refractivity (Wildman–Crippen MR) is 64.3 cm³/mol. The van der Waals surface area contributed by atoms with Crippen LogP contribution in [0.1, 0.15) is 25.7 Å². The number of methoxy groups -OCH3 is 1. The topological polar surface area (TPSA) is 65.4 Å². The van der Waals surface area contributed by atoms with Gasteiger partial charge in [-0.1, -0.05) is 6.42 Å². The van der Waals surface area contributed by atoms with Crippen LogP contribution in [0.25, 0.3) is 0 Å². The minimum atomic E-state index is -0.0701. The van der Waals surface area contributed by atoms with Crippen molar-refractivity contribution in [3.8, 4) is 6.07 Å². The number of nitrogens with zero attached hydrogens (tertiary/aromatic N) is 2. The highest BCUT2D eigenvalue weighted by Gasteiger charge is 2.25. The van der Waals surface area contributed by atoms with Gasteiger partial charge in [0.05, 0.1) is 25.1 Å². The number of piperidine rings is 1. The van der Waals surface area contributed by atoms with Gasteiger partial charge < -0.3 is 15.0 Å². The lowest BCUT2D eigenvalue weighted by Gasteiger charge is -2.29. The van der Waals surface area contributed by atoms with Gasteiger partial charge in [0.25, 0.3) is 0 Å². The van der Waals surface area contributed by atoms with Crippen molar-refractivity contribution < 1.29 is 9.53 Å². The van der Waals surface area contributed by atoms with E-state index < -0.39 is 0 Å². The van der Waals surface area contributed by atoms with Crippen molar-refractivity contribution in [2.45, 2.75) is 31.7 Å². The molecule has 0 aliphatic carbocycles. The largest absolute Gasteiger partial charge is 0.383 e. The van der Waals surface area contributed by atoms with Crippen LogP contribution in [0.3, 0.4) is 0 Å². The summed E-state index contributed by atoms with van der Waals surface area (Å²) in [7, 11) is 1.62. The molecule has 96 valence electrons. The zero-order chi connectivity index (χ0) is 12.5. The molecule has 1 amide bonds. The molecule has 0 unspecified atom stereocenters. The molecule has 1 saturated heterocycles. The molecule has 1 fully saturated rings. The summed E-state index contributed by atoms with van der Waals surface area (Å²) in [5, 5.41) is 11.8. The number of amides is 1. The minimum Gasteiger partial charge on any atom is -0.383 e. The number of nitrogens with one attached hydrogen (secondary N) is 1. The van der Waals surface area contributed by atoms with E-state index in [9.17, 15) is 4.79 Å². The molecule has 1 heterocycles. The van der Waals surface area contributed by atoms with E-state index >= 15 is 0 Å². The Morgan fingerprint density at radius 2 is 2.35 bits per heavy atom. The van der Waals surface area contributed by atoms with E-state index in [-0.39, 0.29) is 11.9 Å². The third kappa shape index (κ3) is 4.72. The highest BCUT2D eigenvalue weighted by Crippen LogP contribution is 2.10. The van der Waals surface area contributed by atoms with Crippen molar-refractivity contribution in [3.05, 3.63) is 0 Å². The normalized spacial score (nSPS) is 19.6. The van der Waals surface area contributed by atoms with Gasteiger partial charge in [-0.25, -0.2) is 0 Å². The maximum Gasteiger partial charge on any atom is 0.239 e. The molecule has 1 rings (SSSR count). The van der Waals surface area contributed by atoms with E-state index in [1.807, 2.05) is 0 Å². The van der Waals surface area contributed by atoms with E-state index in [4.69, 9.17) is 10.00 Å². The van der Waals surface area contributed by atoms with Crippen molar-refractivity contribution in [2.75, 3.05) is 33.4 Å². The van der Waals surface area contributed by atoms with Gasteiger partial charge in [0.2, 0.25) is 5.91 Å². The van der Waals surface area contributed by atoms with E-state index in [2.05, 4.69) is 11.4 Å². The number of carbonyl (C=O) groups is 1. The smallest absolute Gasteiger partial charge is 0.239 e. The average Bonchev–Trinajstić information content (AvgIpc) is 2.39. The number of hydrogen-bond donors (Lipinski definition) is 1. The summed E-state index contributed by atoms with van der Waals surface area (Å²) in [6, 6.07) is 2.01. The fraction of sp³-hybridized carbons (Fsp3) is 0.833. The van der Waals surface area contributed by atoms with Gasteiger partial charge in [-0.15, -0.1) is 0 Å². The molecular weight excluding hydrogens is 218 g/mol. The monoisotopic (exact) mass is 239 g/mol. The van der Waals surface area contributed by atoms with Gasteiger partial charge in [0, 0.05) is 20.2 Å². The van der Waals surface area contributed by atoms with Crippen LogP contribution in [0, 0.1) is 11.3 Å². The van der Waals surface area contributed by atoms with Crippen LogP contribution >= 0.6 is 0 Å². The summed E-state index contributed by atoms with van der Waals surface area (Å²) >= 11 is 0. The summed E-state index contributed by atoms with van der Waals surface area (Å²) in [6.07, 6.45) is 3.51. The zero-order valence-electron chi connectivity index (χ0n) is 10.4. The average molecular weight is 239 g/mol. The molecule has 0 aromatic carbocycles. The lowest BCUT2D eigenvalue weighted by atomic mass is 10.0. The third-order valence-corrected chi connectivity index (χ3v) is 2.98. The van der Waals surface area contributed by atoms with E-state index in [1.165, 1.54) is 0 Å². The highest BCUT2D eigenvalue weighted by molar-refractivity contribution is 5.82. The van der Waals surface area contributed by atoms with Gasteiger partial charge in [-0.2, -0.15) is 5.26 Å². The highest BCUT2D eigenvalue weighted by atomic mass is 16.5. The SMILES string of the molecule is COCCN(CCC#N)C(=O)[C@@H]1CCCCN1. The Kier molecular flexibility index (Phi) is 6.60. The third-order valence-electron chi connectivity index (χ3n) is 2.98. The molecule has 1 aliphatic heterocycles. The van der Waals surface area contributed by atoms with Crippen LogP contribution in [0.15, 0.2) is 0 Å². The maximum atomic E-state index is 12.2. The predicted octanol–water partition coefficient (Wildman–Crippen LogP) is 0.517. The first-order valence-corrected chi connectivity index (χ1v) is 6.17. The summed E-state index contributed by atoms with van der Waals surface area (Å²) in [5.74, 6) is 0.108. The van der Waals surface area contributed by atoms with Crippen molar-refractivity contribution in [1.82, 2.24) is 10.2 Å². The fourth-order valence-corrected chi connectivity index (χ4v) is 2.00. The van der Waals surface area contributed by atoms with Gasteiger partial charge >= 0.3 is 0 Å². The Balaban J connectivity index is 2.47. The second-order valence-corrected chi connectivity index (χ2v) is 4.23. The molecule has 5 heteroatoms. The Morgan fingerprint density at radius 3 is 2.94 bits per heavy atom. The van der Waals surface area contributed by atoms with Crippen molar-refractivity contribution in [3.63, 3.8) is 0 Å². The first-order chi connectivity index (χ1) is 8.29. The van der Waals surface area contributed by atoms with E-state index in [0.717, 1.165) is 25.8 Å². The van der Waals surface area contributed by atoms with Gasteiger partial charge in [-0.3, -0.25) is 4.79 Å². The number of ether oxygens (including phenoxy) is 1. The summed E-state index contributed by atoms with van der Waals surface area (Å²) in [4.78, 5) is 13.9. The lowest BCUT2D eigenvalue weighted by Crippen LogP contribution is -2.49. The van der Waals surface area contributed by atoms with Crippen molar-refractivity contribution in [2.24, 2.45) is 0 Å². The van der Waals surface area contributed by atoms with Crippen molar-refractivity contribution >= 4 is 5.91 Å². The number of carbonyl (C=O) groups excluding carboxylic acids is 1. The van der Waals surface area contributed by atoms with Gasteiger partial charge in [-0.05, 0) is 19.4 Å². The molecule has 5 nitrogen and oxygen atoms in total. The fourth-order valence-electron chi connectivity index (χ4n) is 2.00. The van der Waals surface area contributed by atoms with Crippen LogP contribution in [-0.4, -0.2) is 50.2 Å². The standard InChI is InChI=1S/C12H21N3O2/c1-17-10-9-15(8-4-6-13)12(16)11-5-2-3-7-14-11/h11,14H,2-5,7-10H2,1H3/t11-/m0/s1. The molecule has 0 saturated carbocycles. The molecule has 0 spiro atoms. The van der Waals surface area contributed by atoms with Crippen LogP contribution < -0.4 is 5.32 Å². The molecule has 1 N–H and O–H groups in total. The van der Waals surface area contributed by atoms with Gasteiger partial charge in [0.1, 0.15) is 0 Å². The molecule has 0 radical (unpaired) electrons. The summed E-state index contributed by atoms with van der Waals surface area (Å²) in [5.41, 5.74) is 0. The Labute approximate surface area is 103 Å². The summed E-state index contributed by atoms with van der Waals surface area (Å²) in [6.45, 7) is 2.49. The van der Waals surface area contributed by atoms with Gasteiger partial charge in [0.15, 0.2) is 0 Å². The number of rotatable bonds is 6. The molecular formula is C12H21N3O2. The molecule has 1 atom stereocenters. The van der Waals surface area contributed by atoms with Crippen LogP contribution in [0.2, 0.25) is 0 Å².